The standard InChI is InChI=1S/C37H40N2O2/c1-28-21-23-30(24-22-28)27-39(35(25-29-13-5-2-6-14-29)37(41)38-33-19-11-12-20-33)36(40)26-34(31-15-7-3-8-16-31)32-17-9-4-10-18-32/h2-10,13-18,21-24,33-35H,11-12,19-20,25-27H2,1H3,(H,38,41). The van der Waals surface area contributed by atoms with Crippen molar-refractivity contribution in [3.05, 3.63) is 143 Å². The van der Waals surface area contributed by atoms with Crippen LogP contribution < -0.4 is 5.32 Å². The van der Waals surface area contributed by atoms with E-state index in [1.165, 1.54) is 5.56 Å². The van der Waals surface area contributed by atoms with Gasteiger partial charge in [-0.25, -0.2) is 0 Å². The molecule has 1 fully saturated rings. The summed E-state index contributed by atoms with van der Waals surface area (Å²) >= 11 is 0. The fourth-order valence-electron chi connectivity index (χ4n) is 5.90. The van der Waals surface area contributed by atoms with Crippen molar-refractivity contribution in [1.82, 2.24) is 10.2 Å². The van der Waals surface area contributed by atoms with E-state index in [4.69, 9.17) is 0 Å². The number of nitrogens with one attached hydrogen (secondary N) is 1. The van der Waals surface area contributed by atoms with Crippen molar-refractivity contribution < 1.29 is 9.59 Å². The van der Waals surface area contributed by atoms with Crippen molar-refractivity contribution in [1.29, 1.82) is 0 Å². The molecule has 0 heterocycles. The van der Waals surface area contributed by atoms with E-state index in [0.717, 1.165) is 47.9 Å². The van der Waals surface area contributed by atoms with Crippen molar-refractivity contribution >= 4 is 11.8 Å². The summed E-state index contributed by atoms with van der Waals surface area (Å²) in [5.41, 5.74) is 5.42. The first kappa shape index (κ1) is 28.4. The predicted octanol–water partition coefficient (Wildman–Crippen LogP) is 7.22. The van der Waals surface area contributed by atoms with E-state index in [0.29, 0.717) is 13.0 Å². The van der Waals surface area contributed by atoms with Crippen LogP contribution in [0, 0.1) is 6.92 Å². The fraction of sp³-hybridized carbons (Fsp3) is 0.297. The summed E-state index contributed by atoms with van der Waals surface area (Å²) in [6.45, 7) is 2.44. The molecule has 41 heavy (non-hydrogen) atoms. The van der Waals surface area contributed by atoms with Gasteiger partial charge in [0.1, 0.15) is 6.04 Å². The minimum Gasteiger partial charge on any atom is -0.352 e. The molecule has 1 saturated carbocycles. The van der Waals surface area contributed by atoms with Gasteiger partial charge in [-0.1, -0.05) is 134 Å². The number of rotatable bonds is 11. The number of nitrogens with zero attached hydrogens (tertiary/aromatic N) is 1. The maximum atomic E-state index is 14.5. The second kappa shape index (κ2) is 13.9. The van der Waals surface area contributed by atoms with Crippen LogP contribution in [-0.4, -0.2) is 28.8 Å². The average molecular weight is 545 g/mol. The van der Waals surface area contributed by atoms with Gasteiger partial charge >= 0.3 is 0 Å². The molecule has 4 aromatic rings. The number of carbonyl (C=O) groups is 2. The lowest BCUT2D eigenvalue weighted by molar-refractivity contribution is -0.141. The van der Waals surface area contributed by atoms with Gasteiger partial charge in [0, 0.05) is 31.3 Å². The van der Waals surface area contributed by atoms with Crippen molar-refractivity contribution in [2.24, 2.45) is 0 Å². The van der Waals surface area contributed by atoms with Crippen molar-refractivity contribution in [2.75, 3.05) is 0 Å². The first-order chi connectivity index (χ1) is 20.1. The van der Waals surface area contributed by atoms with Crippen LogP contribution in [0.5, 0.6) is 0 Å². The van der Waals surface area contributed by atoms with Crippen LogP contribution in [0.2, 0.25) is 0 Å². The summed E-state index contributed by atoms with van der Waals surface area (Å²) in [4.78, 5) is 30.3. The van der Waals surface area contributed by atoms with Crippen molar-refractivity contribution in [2.45, 2.75) is 70.0 Å². The summed E-state index contributed by atoms with van der Waals surface area (Å²) in [7, 11) is 0. The Balaban J connectivity index is 1.50. The Hall–Kier alpha value is -4.18. The van der Waals surface area contributed by atoms with Crippen LogP contribution in [-0.2, 0) is 22.6 Å². The maximum absolute atomic E-state index is 14.5. The second-order valence-electron chi connectivity index (χ2n) is 11.3. The SMILES string of the molecule is Cc1ccc(CN(C(=O)CC(c2ccccc2)c2ccccc2)C(Cc2ccccc2)C(=O)NC2CCCC2)cc1. The first-order valence-corrected chi connectivity index (χ1v) is 14.9. The summed E-state index contributed by atoms with van der Waals surface area (Å²) in [6.07, 6.45) is 5.02. The molecule has 1 N–H and O–H groups in total. The Morgan fingerprint density at radius 2 is 1.27 bits per heavy atom. The molecule has 0 saturated heterocycles. The van der Waals surface area contributed by atoms with Crippen molar-refractivity contribution in [3.8, 4) is 0 Å². The largest absolute Gasteiger partial charge is 0.352 e. The van der Waals surface area contributed by atoms with Crippen LogP contribution in [0.1, 0.15) is 65.8 Å². The van der Waals surface area contributed by atoms with Crippen LogP contribution in [0.25, 0.3) is 0 Å². The Labute approximate surface area is 244 Å². The van der Waals surface area contributed by atoms with Gasteiger partial charge in [0.15, 0.2) is 0 Å². The second-order valence-corrected chi connectivity index (χ2v) is 11.3. The molecule has 4 aromatic carbocycles. The highest BCUT2D eigenvalue weighted by Crippen LogP contribution is 2.30. The van der Waals surface area contributed by atoms with Gasteiger partial charge in [0.25, 0.3) is 0 Å². The molecular formula is C37H40N2O2. The van der Waals surface area contributed by atoms with E-state index < -0.39 is 6.04 Å². The lowest BCUT2D eigenvalue weighted by Crippen LogP contribution is -2.52. The third-order valence-electron chi connectivity index (χ3n) is 8.23. The highest BCUT2D eigenvalue weighted by Gasteiger charge is 2.33. The molecule has 4 nitrogen and oxygen atoms in total. The highest BCUT2D eigenvalue weighted by molar-refractivity contribution is 5.88. The lowest BCUT2D eigenvalue weighted by Gasteiger charge is -2.33. The number of aryl methyl sites for hydroxylation is 1. The van der Waals surface area contributed by atoms with Gasteiger partial charge in [-0.15, -0.1) is 0 Å². The molecule has 0 aliphatic heterocycles. The summed E-state index contributed by atoms with van der Waals surface area (Å²) in [5.74, 6) is -0.191. The Morgan fingerprint density at radius 3 is 1.83 bits per heavy atom. The number of hydrogen-bond acceptors (Lipinski definition) is 2. The molecule has 1 unspecified atom stereocenters. The zero-order chi connectivity index (χ0) is 28.4. The average Bonchev–Trinajstić information content (AvgIpc) is 3.53. The molecule has 1 atom stereocenters. The quantitative estimate of drug-likeness (QED) is 0.217. The smallest absolute Gasteiger partial charge is 0.243 e. The van der Waals surface area contributed by atoms with E-state index in [9.17, 15) is 9.59 Å². The van der Waals surface area contributed by atoms with Crippen LogP contribution in [0.3, 0.4) is 0 Å². The molecule has 1 aliphatic carbocycles. The van der Waals surface area contributed by atoms with E-state index in [2.05, 4.69) is 60.8 Å². The van der Waals surface area contributed by atoms with E-state index in [1.807, 2.05) is 71.6 Å². The van der Waals surface area contributed by atoms with Crippen LogP contribution >= 0.6 is 0 Å². The molecule has 5 rings (SSSR count). The van der Waals surface area contributed by atoms with Gasteiger partial charge in [0.2, 0.25) is 11.8 Å². The monoisotopic (exact) mass is 544 g/mol. The van der Waals surface area contributed by atoms with Crippen molar-refractivity contribution in [3.63, 3.8) is 0 Å². The summed E-state index contributed by atoms with van der Waals surface area (Å²) in [5, 5.41) is 3.31. The highest BCUT2D eigenvalue weighted by atomic mass is 16.2. The van der Waals surface area contributed by atoms with Crippen LogP contribution in [0.15, 0.2) is 115 Å². The zero-order valence-electron chi connectivity index (χ0n) is 23.9. The number of hydrogen-bond donors (Lipinski definition) is 1. The minimum absolute atomic E-state index is 0.0224. The molecular weight excluding hydrogens is 504 g/mol. The maximum Gasteiger partial charge on any atom is 0.243 e. The number of amides is 2. The third kappa shape index (κ3) is 7.73. The van der Waals surface area contributed by atoms with Gasteiger partial charge in [-0.3, -0.25) is 9.59 Å². The topological polar surface area (TPSA) is 49.4 Å². The molecule has 1 aliphatic rings. The predicted molar refractivity (Wildman–Crippen MR) is 165 cm³/mol. The Kier molecular flexibility index (Phi) is 9.64. The summed E-state index contributed by atoms with van der Waals surface area (Å²) < 4.78 is 0. The van der Waals surface area contributed by atoms with E-state index >= 15 is 0 Å². The summed E-state index contributed by atoms with van der Waals surface area (Å²) in [6, 6.07) is 38.3. The molecule has 2 amide bonds. The van der Waals surface area contributed by atoms with Gasteiger partial charge in [-0.2, -0.15) is 0 Å². The molecule has 0 aromatic heterocycles. The fourth-order valence-corrected chi connectivity index (χ4v) is 5.90. The lowest BCUT2D eigenvalue weighted by atomic mass is 9.87. The first-order valence-electron chi connectivity index (χ1n) is 14.9. The Bertz CT molecular complexity index is 1340. The van der Waals surface area contributed by atoms with Gasteiger partial charge in [0.05, 0.1) is 0 Å². The molecule has 0 spiro atoms. The van der Waals surface area contributed by atoms with E-state index in [-0.39, 0.29) is 30.2 Å². The third-order valence-corrected chi connectivity index (χ3v) is 8.23. The zero-order valence-corrected chi connectivity index (χ0v) is 23.9. The normalized spacial score (nSPS) is 14.1. The van der Waals surface area contributed by atoms with Crippen LogP contribution in [0.4, 0.5) is 0 Å². The number of carbonyl (C=O) groups excluding carboxylic acids is 2. The minimum atomic E-state index is -0.612. The van der Waals surface area contributed by atoms with E-state index in [1.54, 1.807) is 0 Å². The molecule has 0 bridgehead atoms. The van der Waals surface area contributed by atoms with Gasteiger partial charge < -0.3 is 10.2 Å². The molecule has 0 radical (unpaired) electrons. The van der Waals surface area contributed by atoms with Gasteiger partial charge in [-0.05, 0) is 42.0 Å². The molecule has 210 valence electrons. The Morgan fingerprint density at radius 1 is 0.732 bits per heavy atom. The molecule has 4 heteroatoms. The number of benzene rings is 4.